The second-order valence-electron chi connectivity index (χ2n) is 5.02. The Morgan fingerprint density at radius 3 is 2.82 bits per heavy atom. The Balaban J connectivity index is 2.55. The van der Waals surface area contributed by atoms with E-state index in [1.807, 2.05) is 0 Å². The van der Waals surface area contributed by atoms with E-state index < -0.39 is 16.8 Å². The number of nitrogens with two attached hydrogens (primary N) is 1. The van der Waals surface area contributed by atoms with Gasteiger partial charge in [0, 0.05) is 17.6 Å². The molecule has 7 heteroatoms. The summed E-state index contributed by atoms with van der Waals surface area (Å²) in [6, 6.07) is 3.03. The van der Waals surface area contributed by atoms with Crippen molar-refractivity contribution in [3.8, 4) is 0 Å². The third-order valence-corrected chi connectivity index (χ3v) is 3.67. The molecule has 0 bridgehead atoms. The number of carboxylic acids is 1. The van der Waals surface area contributed by atoms with Crippen LogP contribution in [0.4, 0.5) is 5.69 Å². The fourth-order valence-corrected chi connectivity index (χ4v) is 2.59. The van der Waals surface area contributed by atoms with Gasteiger partial charge in [0.15, 0.2) is 0 Å². The van der Waals surface area contributed by atoms with Gasteiger partial charge in [0.2, 0.25) is 0 Å². The minimum absolute atomic E-state index is 0.0439. The standard InChI is InChI=1S/C15H17N3O4/c1-2-9-3-4-12(18(21)22)14-13(9)11(8-17-14)7-10(5-6-16)15(19)20/h2-4,8,10,17H,1,5-7,16H2,(H,19,20). The van der Waals surface area contributed by atoms with Gasteiger partial charge < -0.3 is 15.8 Å². The zero-order valence-corrected chi connectivity index (χ0v) is 11.9. The molecule has 4 N–H and O–H groups in total. The van der Waals surface area contributed by atoms with E-state index in [0.29, 0.717) is 17.3 Å². The number of nitro groups is 1. The number of benzene rings is 1. The first-order valence-corrected chi connectivity index (χ1v) is 6.82. The van der Waals surface area contributed by atoms with E-state index in [2.05, 4.69) is 11.6 Å². The van der Waals surface area contributed by atoms with E-state index in [9.17, 15) is 20.0 Å². The van der Waals surface area contributed by atoms with Gasteiger partial charge in [0.05, 0.1) is 10.8 Å². The van der Waals surface area contributed by atoms with Crippen molar-refractivity contribution >= 4 is 28.6 Å². The number of carboxylic acid groups (broad SMARTS) is 1. The number of H-pyrrole nitrogens is 1. The van der Waals surface area contributed by atoms with E-state index in [1.165, 1.54) is 6.07 Å². The first kappa shape index (κ1) is 15.7. The molecule has 1 heterocycles. The number of hydrogen-bond donors (Lipinski definition) is 3. The van der Waals surface area contributed by atoms with Crippen LogP contribution in [-0.2, 0) is 11.2 Å². The molecule has 0 saturated carbocycles. The van der Waals surface area contributed by atoms with E-state index in [-0.39, 0.29) is 18.7 Å². The highest BCUT2D eigenvalue weighted by Crippen LogP contribution is 2.32. The van der Waals surface area contributed by atoms with Crippen LogP contribution in [0.15, 0.2) is 24.9 Å². The Hall–Kier alpha value is -2.67. The summed E-state index contributed by atoms with van der Waals surface area (Å²) < 4.78 is 0. The van der Waals surface area contributed by atoms with Crippen LogP contribution in [0.3, 0.4) is 0 Å². The van der Waals surface area contributed by atoms with Crippen molar-refractivity contribution < 1.29 is 14.8 Å². The second kappa shape index (κ2) is 6.40. The highest BCUT2D eigenvalue weighted by molar-refractivity contribution is 5.97. The smallest absolute Gasteiger partial charge is 0.306 e. The number of rotatable bonds is 7. The van der Waals surface area contributed by atoms with Crippen molar-refractivity contribution in [2.75, 3.05) is 6.54 Å². The summed E-state index contributed by atoms with van der Waals surface area (Å²) in [7, 11) is 0. The average molecular weight is 303 g/mol. The zero-order chi connectivity index (χ0) is 16.3. The van der Waals surface area contributed by atoms with Crippen LogP contribution in [-0.4, -0.2) is 27.5 Å². The maximum atomic E-state index is 11.3. The fourth-order valence-electron chi connectivity index (χ4n) is 2.59. The van der Waals surface area contributed by atoms with Crippen LogP contribution >= 0.6 is 0 Å². The summed E-state index contributed by atoms with van der Waals surface area (Å²) in [4.78, 5) is 24.8. The van der Waals surface area contributed by atoms with Gasteiger partial charge in [-0.3, -0.25) is 14.9 Å². The van der Waals surface area contributed by atoms with Crippen molar-refractivity contribution in [3.63, 3.8) is 0 Å². The summed E-state index contributed by atoms with van der Waals surface area (Å²) in [5.41, 5.74) is 7.24. The monoisotopic (exact) mass is 303 g/mol. The average Bonchev–Trinajstić information content (AvgIpc) is 2.89. The Labute approximate surface area is 126 Å². The van der Waals surface area contributed by atoms with Gasteiger partial charge in [-0.1, -0.05) is 12.7 Å². The van der Waals surface area contributed by atoms with Gasteiger partial charge in [0.25, 0.3) is 5.69 Å². The lowest BCUT2D eigenvalue weighted by molar-refractivity contribution is -0.383. The number of hydrogen-bond acceptors (Lipinski definition) is 4. The lowest BCUT2D eigenvalue weighted by Crippen LogP contribution is -2.20. The molecule has 1 aromatic heterocycles. The molecule has 7 nitrogen and oxygen atoms in total. The summed E-state index contributed by atoms with van der Waals surface area (Å²) in [5, 5.41) is 21.0. The lowest BCUT2D eigenvalue weighted by atomic mass is 9.94. The number of non-ortho nitro benzene ring substituents is 1. The molecule has 2 aromatic rings. The maximum absolute atomic E-state index is 11.3. The predicted molar refractivity (Wildman–Crippen MR) is 83.5 cm³/mol. The first-order valence-electron chi connectivity index (χ1n) is 6.82. The molecule has 1 atom stereocenters. The number of aliphatic carboxylic acids is 1. The number of carbonyl (C=O) groups is 1. The lowest BCUT2D eigenvalue weighted by Gasteiger charge is -2.11. The molecule has 116 valence electrons. The molecule has 0 spiro atoms. The van der Waals surface area contributed by atoms with Gasteiger partial charge in [0.1, 0.15) is 5.52 Å². The molecular weight excluding hydrogens is 286 g/mol. The normalized spacial score (nSPS) is 12.2. The van der Waals surface area contributed by atoms with Crippen LogP contribution in [0.1, 0.15) is 17.5 Å². The number of nitrogens with zero attached hydrogens (tertiary/aromatic N) is 1. The topological polar surface area (TPSA) is 122 Å². The van der Waals surface area contributed by atoms with Gasteiger partial charge in [-0.2, -0.15) is 0 Å². The molecule has 1 aromatic carbocycles. The van der Waals surface area contributed by atoms with Crippen LogP contribution in [0.2, 0.25) is 0 Å². The third-order valence-electron chi connectivity index (χ3n) is 3.67. The van der Waals surface area contributed by atoms with Crippen LogP contribution in [0, 0.1) is 16.0 Å². The van der Waals surface area contributed by atoms with Crippen molar-refractivity contribution in [2.24, 2.45) is 11.7 Å². The van der Waals surface area contributed by atoms with Crippen LogP contribution < -0.4 is 5.73 Å². The Kier molecular flexibility index (Phi) is 4.57. The summed E-state index contributed by atoms with van der Waals surface area (Å²) >= 11 is 0. The molecule has 0 aliphatic rings. The molecular formula is C15H17N3O4. The number of nitro benzene ring substituents is 1. The largest absolute Gasteiger partial charge is 0.481 e. The minimum Gasteiger partial charge on any atom is -0.481 e. The fraction of sp³-hybridized carbons (Fsp3) is 0.267. The Morgan fingerprint density at radius 2 is 2.27 bits per heavy atom. The predicted octanol–water partition coefficient (Wildman–Crippen LogP) is 2.31. The van der Waals surface area contributed by atoms with Crippen molar-refractivity contribution in [3.05, 3.63) is 46.1 Å². The van der Waals surface area contributed by atoms with Gasteiger partial charge >= 0.3 is 5.97 Å². The Bertz CT molecular complexity index is 736. The molecule has 0 fully saturated rings. The molecule has 0 aliphatic heterocycles. The van der Waals surface area contributed by atoms with Crippen LogP contribution in [0.25, 0.3) is 17.0 Å². The maximum Gasteiger partial charge on any atom is 0.306 e. The van der Waals surface area contributed by atoms with E-state index in [4.69, 9.17) is 5.73 Å². The van der Waals surface area contributed by atoms with Gasteiger partial charge in [-0.05, 0) is 36.6 Å². The summed E-state index contributed by atoms with van der Waals surface area (Å²) in [5.74, 6) is -1.55. The highest BCUT2D eigenvalue weighted by Gasteiger charge is 2.22. The number of nitrogens with one attached hydrogen (secondary N) is 1. The molecule has 0 aliphatic carbocycles. The number of aromatic amines is 1. The number of aromatic nitrogens is 1. The SMILES string of the molecule is C=Cc1ccc([N+](=O)[O-])c2[nH]cc(CC(CCN)C(=O)O)c12. The molecule has 22 heavy (non-hydrogen) atoms. The molecule has 0 saturated heterocycles. The summed E-state index contributed by atoms with van der Waals surface area (Å²) in [6.45, 7) is 3.98. The van der Waals surface area contributed by atoms with E-state index in [1.54, 1.807) is 18.3 Å². The highest BCUT2D eigenvalue weighted by atomic mass is 16.6. The first-order chi connectivity index (χ1) is 10.5. The zero-order valence-electron chi connectivity index (χ0n) is 11.9. The second-order valence-corrected chi connectivity index (χ2v) is 5.02. The van der Waals surface area contributed by atoms with E-state index in [0.717, 1.165) is 11.1 Å². The van der Waals surface area contributed by atoms with Crippen molar-refractivity contribution in [2.45, 2.75) is 12.8 Å². The van der Waals surface area contributed by atoms with Crippen molar-refractivity contribution in [1.29, 1.82) is 0 Å². The Morgan fingerprint density at radius 1 is 1.55 bits per heavy atom. The van der Waals surface area contributed by atoms with Crippen LogP contribution in [0.5, 0.6) is 0 Å². The van der Waals surface area contributed by atoms with E-state index >= 15 is 0 Å². The third kappa shape index (κ3) is 2.84. The minimum atomic E-state index is -0.926. The van der Waals surface area contributed by atoms with Crippen molar-refractivity contribution in [1.82, 2.24) is 4.98 Å². The molecule has 1 unspecified atom stereocenters. The van der Waals surface area contributed by atoms with Gasteiger partial charge in [-0.25, -0.2) is 0 Å². The quantitative estimate of drug-likeness (QED) is 0.535. The number of fused-ring (bicyclic) bond motifs is 1. The molecule has 0 amide bonds. The van der Waals surface area contributed by atoms with Gasteiger partial charge in [-0.15, -0.1) is 0 Å². The summed E-state index contributed by atoms with van der Waals surface area (Å²) in [6.07, 6.45) is 3.83. The molecule has 2 rings (SSSR count). The molecule has 0 radical (unpaired) electrons.